The summed E-state index contributed by atoms with van der Waals surface area (Å²) in [7, 11) is 1.90. The van der Waals surface area contributed by atoms with Crippen LogP contribution in [0, 0.1) is 11.7 Å². The molecular weight excluding hydrogens is 443 g/mol. The van der Waals surface area contributed by atoms with E-state index in [0.29, 0.717) is 34.2 Å². The molecule has 0 radical (unpaired) electrons. The van der Waals surface area contributed by atoms with Crippen LogP contribution in [0.5, 0.6) is 0 Å². The summed E-state index contributed by atoms with van der Waals surface area (Å²) in [5, 5.41) is 15.0. The minimum atomic E-state index is -1.28. The van der Waals surface area contributed by atoms with Gasteiger partial charge >= 0.3 is 5.97 Å². The van der Waals surface area contributed by atoms with Crippen LogP contribution in [0.3, 0.4) is 0 Å². The number of nitrogens with one attached hydrogen (secondary N) is 1. The van der Waals surface area contributed by atoms with Gasteiger partial charge in [0, 0.05) is 25.5 Å². The van der Waals surface area contributed by atoms with Crippen molar-refractivity contribution < 1.29 is 14.3 Å². The summed E-state index contributed by atoms with van der Waals surface area (Å²) in [5.74, 6) is -1.31. The lowest BCUT2D eigenvalue weighted by Crippen LogP contribution is -2.31. The molecule has 0 amide bonds. The Hall–Kier alpha value is -2.36. The molecule has 5 rings (SSSR count). The van der Waals surface area contributed by atoms with Crippen molar-refractivity contribution in [1.82, 2.24) is 9.72 Å². The van der Waals surface area contributed by atoms with Gasteiger partial charge in [-0.3, -0.25) is 9.20 Å². The Bertz CT molecular complexity index is 1260. The zero-order chi connectivity index (χ0) is 21.2. The van der Waals surface area contributed by atoms with Crippen LogP contribution in [-0.2, 0) is 6.54 Å². The number of thiazole rings is 1. The van der Waals surface area contributed by atoms with Crippen molar-refractivity contribution in [2.45, 2.75) is 19.9 Å². The predicted octanol–water partition coefficient (Wildman–Crippen LogP) is 3.16. The Morgan fingerprint density at radius 2 is 2.16 bits per heavy atom. The third-order valence-corrected chi connectivity index (χ3v) is 7.19. The fraction of sp³-hybridized carbons (Fsp3) is 0.429. The van der Waals surface area contributed by atoms with Gasteiger partial charge in [-0.05, 0) is 31.5 Å². The van der Waals surface area contributed by atoms with E-state index in [2.05, 4.69) is 17.1 Å². The maximum absolute atomic E-state index is 15.5. The molecule has 2 aromatic heterocycles. The van der Waals surface area contributed by atoms with Crippen molar-refractivity contribution in [3.8, 4) is 0 Å². The molecule has 1 saturated heterocycles. The number of hydrogen-bond acceptors (Lipinski definition) is 6. The van der Waals surface area contributed by atoms with Crippen molar-refractivity contribution in [1.29, 1.82) is 0 Å². The number of carboxylic acid groups (broad SMARTS) is 1. The minimum absolute atomic E-state index is 0. The lowest BCUT2D eigenvalue weighted by Gasteiger charge is -2.32. The highest BCUT2D eigenvalue weighted by molar-refractivity contribution is 7.16. The Balaban J connectivity index is 0.00000231. The van der Waals surface area contributed by atoms with Gasteiger partial charge in [0.1, 0.15) is 16.2 Å². The van der Waals surface area contributed by atoms with Gasteiger partial charge in [-0.25, -0.2) is 9.18 Å². The predicted molar refractivity (Wildman–Crippen MR) is 124 cm³/mol. The lowest BCUT2D eigenvalue weighted by molar-refractivity contribution is 0.0697. The molecular formula is C21H24ClFN4O3S. The zero-order valence-electron chi connectivity index (χ0n) is 17.3. The number of aromatic carboxylic acids is 1. The zero-order valence-corrected chi connectivity index (χ0v) is 18.9. The van der Waals surface area contributed by atoms with E-state index in [-0.39, 0.29) is 23.4 Å². The monoisotopic (exact) mass is 466 g/mol. The van der Waals surface area contributed by atoms with E-state index in [1.807, 2.05) is 21.7 Å². The Morgan fingerprint density at radius 3 is 2.87 bits per heavy atom. The second kappa shape index (κ2) is 7.96. The van der Waals surface area contributed by atoms with Gasteiger partial charge in [-0.15, -0.1) is 23.7 Å². The fourth-order valence-corrected chi connectivity index (χ4v) is 5.89. The molecule has 166 valence electrons. The summed E-state index contributed by atoms with van der Waals surface area (Å²) >= 11 is 1.25. The van der Waals surface area contributed by atoms with Crippen molar-refractivity contribution in [2.24, 2.45) is 5.92 Å². The Labute approximate surface area is 188 Å². The van der Waals surface area contributed by atoms with E-state index < -0.39 is 17.2 Å². The number of anilines is 2. The molecule has 10 heteroatoms. The van der Waals surface area contributed by atoms with Crippen LogP contribution in [0.15, 0.2) is 16.2 Å². The molecule has 1 atom stereocenters. The molecule has 2 N–H and O–H groups in total. The maximum Gasteiger partial charge on any atom is 0.342 e. The molecule has 7 nitrogen and oxygen atoms in total. The van der Waals surface area contributed by atoms with Gasteiger partial charge in [-0.2, -0.15) is 0 Å². The van der Waals surface area contributed by atoms with Crippen LogP contribution in [0.4, 0.5) is 15.8 Å². The fourth-order valence-electron chi connectivity index (χ4n) is 4.85. The molecule has 1 fully saturated rings. The van der Waals surface area contributed by atoms with Gasteiger partial charge in [0.2, 0.25) is 5.43 Å². The highest BCUT2D eigenvalue weighted by Gasteiger charge is 2.33. The number of carboxylic acids is 1. The van der Waals surface area contributed by atoms with Gasteiger partial charge < -0.3 is 20.2 Å². The molecule has 0 saturated carbocycles. The first kappa shape index (κ1) is 21.9. The summed E-state index contributed by atoms with van der Waals surface area (Å²) in [5.41, 5.74) is 1.78. The van der Waals surface area contributed by atoms with E-state index in [1.165, 1.54) is 17.4 Å². The van der Waals surface area contributed by atoms with Crippen LogP contribution >= 0.6 is 23.7 Å². The first-order valence-corrected chi connectivity index (χ1v) is 11.0. The first-order valence-electron chi connectivity index (χ1n) is 10.1. The van der Waals surface area contributed by atoms with Gasteiger partial charge in [-0.1, -0.05) is 6.92 Å². The molecule has 0 spiro atoms. The van der Waals surface area contributed by atoms with Crippen LogP contribution in [0.1, 0.15) is 29.4 Å². The lowest BCUT2D eigenvalue weighted by atomic mass is 10.0. The van der Waals surface area contributed by atoms with E-state index in [9.17, 15) is 14.7 Å². The summed E-state index contributed by atoms with van der Waals surface area (Å²) < 4.78 is 17.3. The molecule has 2 aliphatic rings. The SMILES string of the molecule is CCNCC1CCN(c2c(F)cc3c(=O)c(C(=O)O)c4scc5n4c3c2N(C)C5)C1.Cl. The van der Waals surface area contributed by atoms with Gasteiger partial charge in [0.05, 0.1) is 34.5 Å². The number of pyridine rings is 1. The number of carbonyl (C=O) groups is 1. The largest absolute Gasteiger partial charge is 0.477 e. The highest BCUT2D eigenvalue weighted by atomic mass is 35.5. The minimum Gasteiger partial charge on any atom is -0.477 e. The normalized spacial score (nSPS) is 17.7. The number of benzene rings is 1. The topological polar surface area (TPSA) is 77.3 Å². The van der Waals surface area contributed by atoms with Gasteiger partial charge in [0.25, 0.3) is 0 Å². The van der Waals surface area contributed by atoms with Crippen LogP contribution in [0.25, 0.3) is 15.7 Å². The summed E-state index contributed by atoms with van der Waals surface area (Å²) in [6.45, 7) is 5.89. The number of hydrogen-bond donors (Lipinski definition) is 2. The smallest absolute Gasteiger partial charge is 0.342 e. The van der Waals surface area contributed by atoms with Crippen molar-refractivity contribution in [3.05, 3.63) is 38.7 Å². The number of aromatic nitrogens is 1. The standard InChI is InChI=1S/C21H23FN4O3S.ClH/c1-3-23-7-11-4-5-25(8-11)17-14(22)6-13-16-18(17)24(2)9-12-10-30-20(26(12)16)15(19(13)27)21(28)29;/h6,10-11,23H,3-5,7-9H2,1-2H3,(H,28,29);1H. The van der Waals surface area contributed by atoms with Crippen LogP contribution < -0.4 is 20.5 Å². The molecule has 1 aromatic carbocycles. The van der Waals surface area contributed by atoms with Crippen LogP contribution in [0.2, 0.25) is 0 Å². The molecule has 31 heavy (non-hydrogen) atoms. The number of rotatable bonds is 5. The summed E-state index contributed by atoms with van der Waals surface area (Å²) in [6, 6.07) is 1.23. The van der Waals surface area contributed by atoms with Crippen molar-refractivity contribution in [3.63, 3.8) is 0 Å². The van der Waals surface area contributed by atoms with E-state index in [0.717, 1.165) is 38.3 Å². The third kappa shape index (κ3) is 3.18. The molecule has 4 heterocycles. The Morgan fingerprint density at radius 1 is 1.39 bits per heavy atom. The third-order valence-electron chi connectivity index (χ3n) is 6.19. The average Bonchev–Trinajstić information content (AvgIpc) is 3.33. The molecule has 3 aromatic rings. The summed E-state index contributed by atoms with van der Waals surface area (Å²) in [6.07, 6.45) is 0.977. The molecule has 0 aliphatic carbocycles. The maximum atomic E-state index is 15.5. The highest BCUT2D eigenvalue weighted by Crippen LogP contribution is 2.44. The number of nitrogens with zero attached hydrogens (tertiary/aromatic N) is 3. The average molecular weight is 467 g/mol. The van der Waals surface area contributed by atoms with Crippen molar-refractivity contribution >= 4 is 56.8 Å². The van der Waals surface area contributed by atoms with E-state index in [4.69, 9.17) is 0 Å². The summed E-state index contributed by atoms with van der Waals surface area (Å²) in [4.78, 5) is 29.3. The first-order chi connectivity index (χ1) is 14.4. The van der Waals surface area contributed by atoms with E-state index in [1.54, 1.807) is 0 Å². The molecule has 1 unspecified atom stereocenters. The van der Waals surface area contributed by atoms with Crippen molar-refractivity contribution in [2.75, 3.05) is 43.0 Å². The number of halogens is 2. The van der Waals surface area contributed by atoms with Gasteiger partial charge in [0.15, 0.2) is 0 Å². The quantitative estimate of drug-likeness (QED) is 0.601. The van der Waals surface area contributed by atoms with E-state index >= 15 is 4.39 Å². The second-order valence-corrected chi connectivity index (χ2v) is 8.95. The second-order valence-electron chi connectivity index (χ2n) is 8.09. The molecule has 0 bridgehead atoms. The van der Waals surface area contributed by atoms with Crippen LogP contribution in [-0.4, -0.2) is 48.7 Å². The Kier molecular flexibility index (Phi) is 5.61. The molecule has 2 aliphatic heterocycles.